The number of aldehydes is 7. The van der Waals surface area contributed by atoms with E-state index in [2.05, 4.69) is 31.9 Å². The Balaban J connectivity index is 7.52. The molecule has 0 aliphatic carbocycles. The van der Waals surface area contributed by atoms with Gasteiger partial charge in [0.1, 0.15) is 164 Å². The van der Waals surface area contributed by atoms with Crippen LogP contribution in [0.1, 0.15) is 140 Å². The van der Waals surface area contributed by atoms with Gasteiger partial charge in [0.15, 0.2) is 11.6 Å². The van der Waals surface area contributed by atoms with E-state index >= 15 is 0 Å². The number of rotatable bonds is 60. The molecule has 0 saturated heterocycles. The minimum absolute atomic E-state index is 0.364. The lowest BCUT2D eigenvalue weighted by molar-refractivity contribution is -0.176. The van der Waals surface area contributed by atoms with Gasteiger partial charge in [0, 0.05) is 23.7 Å². The van der Waals surface area contributed by atoms with Crippen molar-refractivity contribution in [3.05, 3.63) is 0 Å². The third-order valence-electron chi connectivity index (χ3n) is 14.1. The summed E-state index contributed by atoms with van der Waals surface area (Å²) in [5.74, 6) is -12.1. The molecule has 0 spiro atoms. The molecule has 0 heterocycles. The Bertz CT molecular complexity index is 3150. The van der Waals surface area contributed by atoms with Gasteiger partial charge in [-0.2, -0.15) is 0 Å². The van der Waals surface area contributed by atoms with Gasteiger partial charge < -0.3 is 128 Å². The molecule has 10 amide bonds. The van der Waals surface area contributed by atoms with Crippen LogP contribution < -0.4 is 31.9 Å². The number of nitrogens with zero attached hydrogens (tertiary/aromatic N) is 4. The van der Waals surface area contributed by atoms with E-state index in [0.29, 0.717) is 14.7 Å². The SMILES string of the molecule is [2H]C(=O)C(C)(C)CC(=O)CN(CC(=O)NC(C)(C)C([2H])=O)C(=O)COCOCC(COCC(COCOCC(=O)N(CC(=O)CC(C)(C)C(C)=O)CC(=O)NC(C)(C)C([2H])=O)OCOCC(=O)N(CC(=O)NC(C)(C)C([2H])=O)CC(=O)NC(C)(C)C([2H])=O)OCOCC(=O)N(CC(=O)NC(C)(C)C([2H])=O)CC(=O)NC(C)(C)C([2H])=O. The number of Topliss-reactive ketones (excluding diaryl/α,β-unsaturated/α-hetero) is 3. The Morgan fingerprint density at radius 3 is 0.769 bits per heavy atom. The molecule has 0 bridgehead atoms. The van der Waals surface area contributed by atoms with Crippen LogP contribution in [0.3, 0.4) is 0 Å². The normalized spacial score (nSPS) is 13.5. The number of ketones is 3. The van der Waals surface area contributed by atoms with Crippen LogP contribution in [0.4, 0.5) is 0 Å². The van der Waals surface area contributed by atoms with Gasteiger partial charge in [-0.1, -0.05) is 27.7 Å². The van der Waals surface area contributed by atoms with Gasteiger partial charge in [-0.05, 0) is 90.0 Å². The zero-order valence-corrected chi connectivity index (χ0v) is 64.3. The summed E-state index contributed by atoms with van der Waals surface area (Å²) in [5.41, 5.74) is -13.3. The number of carbonyl (C=O) groups is 20. The maximum absolute atomic E-state index is 13.7. The lowest BCUT2D eigenvalue weighted by atomic mass is 9.83. The number of hydrogen-bond acceptors (Lipinski definition) is 29. The van der Waals surface area contributed by atoms with E-state index in [4.69, 9.17) is 52.2 Å². The molecular formula is C69H110N10O29. The Hall–Kier alpha value is -8.96. The van der Waals surface area contributed by atoms with E-state index in [-0.39, 0.29) is 12.2 Å². The van der Waals surface area contributed by atoms with Crippen molar-refractivity contribution in [2.75, 3.05) is 132 Å². The van der Waals surface area contributed by atoms with Gasteiger partial charge in [-0.15, -0.1) is 0 Å². The molecule has 2 atom stereocenters. The van der Waals surface area contributed by atoms with Crippen molar-refractivity contribution >= 4 is 120 Å². The van der Waals surface area contributed by atoms with E-state index in [1.807, 2.05) is 0 Å². The third kappa shape index (κ3) is 44.4. The van der Waals surface area contributed by atoms with Gasteiger partial charge in [-0.3, -0.25) is 62.3 Å². The number of amides is 10. The molecule has 0 aliphatic heterocycles. The van der Waals surface area contributed by atoms with Gasteiger partial charge in [0.05, 0.1) is 72.8 Å². The molecule has 2 unspecified atom stereocenters. The second-order valence-electron chi connectivity index (χ2n) is 29.2. The maximum atomic E-state index is 13.7. The highest BCUT2D eigenvalue weighted by molar-refractivity contribution is 5.96. The minimum atomic E-state index is -1.78. The minimum Gasteiger partial charge on any atom is -0.376 e. The van der Waals surface area contributed by atoms with Crippen molar-refractivity contribution < 1.29 is 148 Å². The molecule has 610 valence electrons. The van der Waals surface area contributed by atoms with Crippen LogP contribution in [-0.4, -0.2) is 318 Å². The molecule has 39 nitrogen and oxygen atoms in total. The fourth-order valence-corrected chi connectivity index (χ4v) is 8.40. The zero-order valence-electron chi connectivity index (χ0n) is 71.3. The molecule has 0 aromatic rings. The van der Waals surface area contributed by atoms with Gasteiger partial charge in [0.25, 0.3) is 0 Å². The third-order valence-corrected chi connectivity index (χ3v) is 14.1. The van der Waals surface area contributed by atoms with Gasteiger partial charge >= 0.3 is 0 Å². The van der Waals surface area contributed by atoms with Crippen molar-refractivity contribution in [1.82, 2.24) is 51.5 Å². The summed E-state index contributed by atoms with van der Waals surface area (Å²) in [6.45, 7) is 4.69. The van der Waals surface area contributed by atoms with Crippen molar-refractivity contribution in [3.63, 3.8) is 0 Å². The molecule has 0 rings (SSSR count). The molecule has 0 aromatic carbocycles. The Morgan fingerprint density at radius 1 is 0.315 bits per heavy atom. The highest BCUT2D eigenvalue weighted by Gasteiger charge is 2.34. The van der Waals surface area contributed by atoms with Crippen molar-refractivity contribution in [1.29, 1.82) is 0 Å². The van der Waals surface area contributed by atoms with Crippen molar-refractivity contribution in [2.45, 2.75) is 176 Å². The summed E-state index contributed by atoms with van der Waals surface area (Å²) < 4.78 is 103. The lowest BCUT2D eigenvalue weighted by Crippen LogP contribution is -2.54. The first kappa shape index (κ1) is 86.3. The summed E-state index contributed by atoms with van der Waals surface area (Å²) in [4.78, 5) is 259. The fraction of sp³-hybridized carbons (Fsp3) is 0.710. The predicted octanol–water partition coefficient (Wildman–Crippen LogP) is -3.66. The van der Waals surface area contributed by atoms with Gasteiger partial charge in [0.2, 0.25) is 59.1 Å². The lowest BCUT2D eigenvalue weighted by Gasteiger charge is -2.27. The average molecular weight is 1550 g/mol. The number of ether oxygens (including phenoxy) is 9. The maximum Gasteiger partial charge on any atom is 0.249 e. The largest absolute Gasteiger partial charge is 0.376 e. The van der Waals surface area contributed by atoms with Crippen LogP contribution >= 0.6 is 0 Å². The Morgan fingerprint density at radius 2 is 0.537 bits per heavy atom. The molecule has 0 radical (unpaired) electrons. The second kappa shape index (κ2) is 47.1. The predicted molar refractivity (Wildman–Crippen MR) is 375 cm³/mol. The quantitative estimate of drug-likeness (QED) is 0.0194. The molecule has 0 saturated carbocycles. The van der Waals surface area contributed by atoms with E-state index in [1.165, 1.54) is 118 Å². The van der Waals surface area contributed by atoms with Crippen LogP contribution in [-0.2, 0) is 139 Å². The fourth-order valence-electron chi connectivity index (χ4n) is 8.40. The Kier molecular flexibility index (Phi) is 37.6. The topological polar surface area (TPSA) is 510 Å². The van der Waals surface area contributed by atoms with E-state index in [9.17, 15) is 95.9 Å². The van der Waals surface area contributed by atoms with E-state index < -0.39 is 310 Å². The first-order valence-corrected chi connectivity index (χ1v) is 33.4. The monoisotopic (exact) mass is 1550 g/mol. The number of nitrogens with one attached hydrogen (secondary N) is 6. The smallest absolute Gasteiger partial charge is 0.249 e. The van der Waals surface area contributed by atoms with Crippen LogP contribution in [0, 0.1) is 10.8 Å². The summed E-state index contributed by atoms with van der Waals surface area (Å²) >= 11 is 0. The van der Waals surface area contributed by atoms with Gasteiger partial charge in [-0.25, -0.2) is 0 Å². The highest BCUT2D eigenvalue weighted by Crippen LogP contribution is 2.22. The molecule has 0 aliphatic rings. The Labute approximate surface area is 637 Å². The summed E-state index contributed by atoms with van der Waals surface area (Å²) in [6, 6.07) is 0. The summed E-state index contributed by atoms with van der Waals surface area (Å²) in [5, 5.41) is 13.5. The molecule has 0 aromatic heterocycles. The first-order valence-electron chi connectivity index (χ1n) is 36.9. The van der Waals surface area contributed by atoms with Crippen molar-refractivity contribution in [2.24, 2.45) is 10.8 Å². The summed E-state index contributed by atoms with van der Waals surface area (Å²) in [7, 11) is 0. The van der Waals surface area contributed by atoms with Crippen molar-refractivity contribution in [3.8, 4) is 0 Å². The standard InChI is InChI=1S/C69H110N10O29/c1-47(87)63(4,5)19-49(89)21-77(23-53(91)71-65(8,9)38-82)59(97)33-104-44-102-31-51(108-46-106-35-61(99)79(26-56(94)74-68(14,15)41-85)27-57(95)75-69(16,17)42-86)29-100-28-50(107-45-105-34-60(98)78(24-54(92)72-66(10,11)39-83)25-55(93)73-67(12,13)40-84)30-101-43-103-32-58(96)76(20-48(88)18-62(2,3)36-80)22-52(90)70-64(6,7)37-81/h36-42,50-51H,18-35,43-46H2,1-17H3,(H,70,90)(H,71,91)(H,72,92)(H,73,93)(H,74,94)(H,75,95)/i36D,37D,38D,39D,40D,41D,42D. The molecule has 0 fully saturated rings. The number of carbonyl (C=O) groups excluding carboxylic acids is 20. The average Bonchev–Trinajstić information content (AvgIpc) is 0.864. The van der Waals surface area contributed by atoms with Crippen LogP contribution in [0.15, 0.2) is 0 Å². The van der Waals surface area contributed by atoms with Crippen LogP contribution in [0.2, 0.25) is 0 Å². The molecule has 108 heavy (non-hydrogen) atoms. The number of hydrogen-bond donors (Lipinski definition) is 6. The molecule has 39 heteroatoms. The highest BCUT2D eigenvalue weighted by atomic mass is 16.7. The summed E-state index contributed by atoms with van der Waals surface area (Å²) in [6.07, 6.45) is -12.1. The second-order valence-corrected chi connectivity index (χ2v) is 29.2. The first-order chi connectivity index (χ1) is 52.5. The zero-order chi connectivity index (χ0) is 89.2. The molecule has 6 N–H and O–H groups in total. The van der Waals surface area contributed by atoms with E-state index in [0.717, 1.165) is 4.90 Å². The van der Waals surface area contributed by atoms with Crippen LogP contribution in [0.5, 0.6) is 0 Å². The molecular weight excluding hydrogens is 1430 g/mol. The van der Waals surface area contributed by atoms with E-state index in [1.54, 1.807) is 0 Å². The van der Waals surface area contributed by atoms with Crippen LogP contribution in [0.25, 0.3) is 0 Å².